The van der Waals surface area contributed by atoms with E-state index >= 15 is 0 Å². The first-order chi connectivity index (χ1) is 10.8. The minimum absolute atomic E-state index is 0.118. The van der Waals surface area contributed by atoms with Gasteiger partial charge >= 0.3 is 6.03 Å². The molecule has 2 atom stereocenters. The summed E-state index contributed by atoms with van der Waals surface area (Å²) < 4.78 is 0. The third kappa shape index (κ3) is 3.30. The molecule has 0 radical (unpaired) electrons. The molecule has 0 spiro atoms. The highest BCUT2D eigenvalue weighted by molar-refractivity contribution is 6.01. The molecule has 1 saturated heterocycles. The van der Waals surface area contributed by atoms with E-state index in [1.807, 2.05) is 0 Å². The predicted molar refractivity (Wildman–Crippen MR) is 84.6 cm³/mol. The van der Waals surface area contributed by atoms with Crippen LogP contribution in [0.25, 0.3) is 0 Å². The topological polar surface area (TPSA) is 61.4 Å². The van der Waals surface area contributed by atoms with Gasteiger partial charge in [-0.25, -0.2) is 4.79 Å². The van der Waals surface area contributed by atoms with Crippen molar-refractivity contribution in [2.24, 2.45) is 0 Å². The molecule has 0 aromatic heterocycles. The van der Waals surface area contributed by atoms with Crippen LogP contribution in [0.4, 0.5) is 4.79 Å². The van der Waals surface area contributed by atoms with Gasteiger partial charge in [-0.1, -0.05) is 36.8 Å². The molecule has 2 fully saturated rings. The number of carbonyl (C=O) groups excluding carboxylic acids is 2. The van der Waals surface area contributed by atoms with Gasteiger partial charge < -0.3 is 10.6 Å². The average Bonchev–Trinajstić information content (AvgIpc) is 3.13. The first-order valence-corrected chi connectivity index (χ1v) is 8.12. The Balaban J connectivity index is 1.45. The molecule has 1 aliphatic carbocycles. The van der Waals surface area contributed by atoms with Gasteiger partial charge in [0.2, 0.25) is 5.91 Å². The van der Waals surface area contributed by atoms with Crippen LogP contribution in [0.3, 0.4) is 0 Å². The highest BCUT2D eigenvalue weighted by atomic mass is 16.2. The van der Waals surface area contributed by atoms with Crippen LogP contribution in [0.15, 0.2) is 30.3 Å². The monoisotopic (exact) mass is 301 g/mol. The van der Waals surface area contributed by atoms with E-state index in [4.69, 9.17) is 0 Å². The Morgan fingerprint density at radius 3 is 2.73 bits per heavy atom. The van der Waals surface area contributed by atoms with Gasteiger partial charge in [0.25, 0.3) is 0 Å². The van der Waals surface area contributed by atoms with Crippen molar-refractivity contribution >= 4 is 11.9 Å². The molecule has 22 heavy (non-hydrogen) atoms. The van der Waals surface area contributed by atoms with E-state index in [9.17, 15) is 9.59 Å². The molecule has 2 aliphatic rings. The first-order valence-electron chi connectivity index (χ1n) is 8.12. The van der Waals surface area contributed by atoms with Gasteiger partial charge in [0.1, 0.15) is 0 Å². The minimum Gasteiger partial charge on any atom is -0.329 e. The summed E-state index contributed by atoms with van der Waals surface area (Å²) in [6.45, 7) is 1.48. The fraction of sp³-hybridized carbons (Fsp3) is 0.529. The van der Waals surface area contributed by atoms with Crippen molar-refractivity contribution in [1.29, 1.82) is 0 Å². The van der Waals surface area contributed by atoms with Crippen LogP contribution in [-0.4, -0.2) is 42.5 Å². The molecule has 1 saturated carbocycles. The largest absolute Gasteiger partial charge is 0.329 e. The molecule has 1 aromatic rings. The zero-order valence-electron chi connectivity index (χ0n) is 12.8. The van der Waals surface area contributed by atoms with E-state index in [0.717, 1.165) is 13.0 Å². The molecule has 2 N–H and O–H groups in total. The lowest BCUT2D eigenvalue weighted by Gasteiger charge is -2.22. The molecule has 3 amide bonds. The highest BCUT2D eigenvalue weighted by Crippen LogP contribution is 2.34. The van der Waals surface area contributed by atoms with Crippen molar-refractivity contribution in [1.82, 2.24) is 15.5 Å². The standard InChI is InChI=1S/C17H23N3O2/c21-16-12-19-17(22)20(16)11-5-10-18-15-9-4-8-14(15)13-6-2-1-3-7-13/h1-3,6-7,14-15,18H,4-5,8-12H2,(H,19,22)/t14-,15-/m0/s1. The number of imide groups is 1. The van der Waals surface area contributed by atoms with E-state index in [1.165, 1.54) is 29.7 Å². The van der Waals surface area contributed by atoms with Crippen LogP contribution in [0.5, 0.6) is 0 Å². The number of urea groups is 1. The molecule has 0 bridgehead atoms. The quantitative estimate of drug-likeness (QED) is 0.623. The van der Waals surface area contributed by atoms with E-state index in [2.05, 4.69) is 41.0 Å². The van der Waals surface area contributed by atoms with Crippen LogP contribution >= 0.6 is 0 Å². The summed E-state index contributed by atoms with van der Waals surface area (Å²) >= 11 is 0. The zero-order valence-corrected chi connectivity index (χ0v) is 12.8. The van der Waals surface area contributed by atoms with Crippen molar-refractivity contribution in [2.45, 2.75) is 37.6 Å². The van der Waals surface area contributed by atoms with Crippen molar-refractivity contribution in [3.63, 3.8) is 0 Å². The highest BCUT2D eigenvalue weighted by Gasteiger charge is 2.29. The lowest BCUT2D eigenvalue weighted by molar-refractivity contribution is -0.125. The number of hydrogen-bond donors (Lipinski definition) is 2. The van der Waals surface area contributed by atoms with Gasteiger partial charge in [-0.15, -0.1) is 0 Å². The van der Waals surface area contributed by atoms with Gasteiger partial charge in [0.05, 0.1) is 6.54 Å². The van der Waals surface area contributed by atoms with Gasteiger partial charge in [-0.3, -0.25) is 9.69 Å². The molecule has 1 aliphatic heterocycles. The van der Waals surface area contributed by atoms with E-state index < -0.39 is 0 Å². The number of amides is 3. The Morgan fingerprint density at radius 1 is 1.18 bits per heavy atom. The normalized spacial score (nSPS) is 24.8. The molecule has 3 rings (SSSR count). The molecule has 1 heterocycles. The fourth-order valence-corrected chi connectivity index (χ4v) is 3.51. The van der Waals surface area contributed by atoms with Crippen molar-refractivity contribution in [3.05, 3.63) is 35.9 Å². The Kier molecular flexibility index (Phi) is 4.73. The second-order valence-electron chi connectivity index (χ2n) is 6.07. The minimum atomic E-state index is -0.256. The number of benzene rings is 1. The van der Waals surface area contributed by atoms with Gasteiger partial charge in [0, 0.05) is 12.6 Å². The van der Waals surface area contributed by atoms with Gasteiger partial charge in [-0.05, 0) is 37.3 Å². The van der Waals surface area contributed by atoms with E-state index in [0.29, 0.717) is 18.5 Å². The maximum absolute atomic E-state index is 11.5. The molecular formula is C17H23N3O2. The number of hydrogen-bond acceptors (Lipinski definition) is 3. The fourth-order valence-electron chi connectivity index (χ4n) is 3.51. The SMILES string of the molecule is O=C1CNC(=O)N1CCCN[C@H]1CCC[C@H]1c1ccccc1. The lowest BCUT2D eigenvalue weighted by Crippen LogP contribution is -2.36. The summed E-state index contributed by atoms with van der Waals surface area (Å²) in [6, 6.07) is 10.9. The van der Waals surface area contributed by atoms with Crippen LogP contribution in [0, 0.1) is 0 Å². The Hall–Kier alpha value is -1.88. The summed E-state index contributed by atoms with van der Waals surface area (Å²) in [4.78, 5) is 24.3. The second-order valence-corrected chi connectivity index (χ2v) is 6.07. The predicted octanol–water partition coefficient (Wildman–Crippen LogP) is 1.85. The average molecular weight is 301 g/mol. The summed E-state index contributed by atoms with van der Waals surface area (Å²) in [5, 5.41) is 6.16. The van der Waals surface area contributed by atoms with E-state index in [1.54, 1.807) is 0 Å². The maximum Gasteiger partial charge on any atom is 0.324 e. The molecule has 0 unspecified atom stereocenters. The van der Waals surface area contributed by atoms with Crippen molar-refractivity contribution in [3.8, 4) is 0 Å². The van der Waals surface area contributed by atoms with E-state index in [-0.39, 0.29) is 18.5 Å². The van der Waals surface area contributed by atoms with Crippen LogP contribution in [-0.2, 0) is 4.79 Å². The Morgan fingerprint density at radius 2 is 2.00 bits per heavy atom. The maximum atomic E-state index is 11.5. The summed E-state index contributed by atoms with van der Waals surface area (Å²) in [6.07, 6.45) is 4.48. The summed E-state index contributed by atoms with van der Waals surface area (Å²) in [5.74, 6) is 0.464. The molecule has 5 heteroatoms. The van der Waals surface area contributed by atoms with Crippen molar-refractivity contribution < 1.29 is 9.59 Å². The Labute approximate surface area is 131 Å². The van der Waals surface area contributed by atoms with Gasteiger partial charge in [0.15, 0.2) is 0 Å². The van der Waals surface area contributed by atoms with Crippen LogP contribution < -0.4 is 10.6 Å². The zero-order chi connectivity index (χ0) is 15.4. The number of carbonyl (C=O) groups is 2. The van der Waals surface area contributed by atoms with Gasteiger partial charge in [-0.2, -0.15) is 0 Å². The van der Waals surface area contributed by atoms with Crippen molar-refractivity contribution in [2.75, 3.05) is 19.6 Å². The number of nitrogens with one attached hydrogen (secondary N) is 2. The molecular weight excluding hydrogens is 278 g/mol. The molecule has 5 nitrogen and oxygen atoms in total. The smallest absolute Gasteiger partial charge is 0.324 e. The summed E-state index contributed by atoms with van der Waals surface area (Å²) in [5.41, 5.74) is 1.41. The third-order valence-electron chi connectivity index (χ3n) is 4.65. The summed E-state index contributed by atoms with van der Waals surface area (Å²) in [7, 11) is 0. The van der Waals surface area contributed by atoms with Crippen LogP contribution in [0.2, 0.25) is 0 Å². The molecule has 118 valence electrons. The Bertz CT molecular complexity index is 516. The van der Waals surface area contributed by atoms with Crippen LogP contribution in [0.1, 0.15) is 37.2 Å². The third-order valence-corrected chi connectivity index (χ3v) is 4.65. The first kappa shape index (κ1) is 15.0. The molecule has 1 aromatic carbocycles. The lowest BCUT2D eigenvalue weighted by atomic mass is 9.94. The number of rotatable bonds is 6. The number of nitrogens with zero attached hydrogens (tertiary/aromatic N) is 1. The second kappa shape index (κ2) is 6.92.